The highest BCUT2D eigenvalue weighted by Gasteiger charge is 2.61. The summed E-state index contributed by atoms with van der Waals surface area (Å²) < 4.78 is 5.14. The number of alkyl carbamates (subject to hydrolysis) is 1. The summed E-state index contributed by atoms with van der Waals surface area (Å²) in [6.07, 6.45) is 2.72. The molecular formula is C15H16N2O2. The summed E-state index contributed by atoms with van der Waals surface area (Å²) in [6, 6.07) is 11.3. The highest BCUT2D eigenvalue weighted by atomic mass is 16.5. The van der Waals surface area contributed by atoms with Crippen LogP contribution in [0.3, 0.4) is 0 Å². The minimum Gasteiger partial charge on any atom is -0.445 e. The number of nitriles is 1. The van der Waals surface area contributed by atoms with E-state index < -0.39 is 12.1 Å². The Labute approximate surface area is 112 Å². The van der Waals surface area contributed by atoms with Gasteiger partial charge in [-0.25, -0.2) is 4.79 Å². The molecule has 4 rings (SSSR count). The van der Waals surface area contributed by atoms with Crippen LogP contribution in [0.1, 0.15) is 24.8 Å². The molecule has 0 aliphatic heterocycles. The zero-order valence-electron chi connectivity index (χ0n) is 10.6. The topological polar surface area (TPSA) is 62.1 Å². The number of nitrogens with one attached hydrogen (secondary N) is 1. The van der Waals surface area contributed by atoms with Crippen molar-refractivity contribution < 1.29 is 9.53 Å². The summed E-state index contributed by atoms with van der Waals surface area (Å²) in [5, 5.41) is 11.9. The van der Waals surface area contributed by atoms with Crippen molar-refractivity contribution in [1.29, 1.82) is 5.26 Å². The molecule has 19 heavy (non-hydrogen) atoms. The first-order chi connectivity index (χ1) is 9.22. The highest BCUT2D eigenvalue weighted by Crippen LogP contribution is 2.66. The third-order valence-electron chi connectivity index (χ3n) is 4.30. The maximum absolute atomic E-state index is 11.7. The quantitative estimate of drug-likeness (QED) is 0.900. The highest BCUT2D eigenvalue weighted by molar-refractivity contribution is 5.68. The van der Waals surface area contributed by atoms with Crippen LogP contribution in [0.5, 0.6) is 0 Å². The third-order valence-corrected chi connectivity index (χ3v) is 4.30. The van der Waals surface area contributed by atoms with Crippen LogP contribution in [0.2, 0.25) is 0 Å². The van der Waals surface area contributed by atoms with Gasteiger partial charge in [0.25, 0.3) is 0 Å². The average Bonchev–Trinajstić information content (AvgIpc) is 2.33. The lowest BCUT2D eigenvalue weighted by atomic mass is 9.42. The summed E-state index contributed by atoms with van der Waals surface area (Å²) in [4.78, 5) is 11.7. The number of benzene rings is 1. The van der Waals surface area contributed by atoms with Gasteiger partial charge in [0.1, 0.15) is 12.6 Å². The number of carbonyl (C=O) groups is 1. The largest absolute Gasteiger partial charge is 0.445 e. The van der Waals surface area contributed by atoms with Crippen molar-refractivity contribution >= 4 is 6.09 Å². The van der Waals surface area contributed by atoms with Gasteiger partial charge in [-0.2, -0.15) is 5.26 Å². The molecule has 4 heteroatoms. The predicted octanol–water partition coefficient (Wildman–Crippen LogP) is 2.61. The zero-order chi connectivity index (χ0) is 13.3. The van der Waals surface area contributed by atoms with Crippen LogP contribution >= 0.6 is 0 Å². The monoisotopic (exact) mass is 256 g/mol. The second kappa shape index (κ2) is 4.58. The van der Waals surface area contributed by atoms with Gasteiger partial charge in [0.2, 0.25) is 0 Å². The van der Waals surface area contributed by atoms with Crippen LogP contribution in [0, 0.1) is 22.7 Å². The number of carbonyl (C=O) groups excluding carboxylic acids is 1. The van der Waals surface area contributed by atoms with Crippen molar-refractivity contribution in [2.45, 2.75) is 31.9 Å². The molecule has 0 radical (unpaired) electrons. The molecule has 1 atom stereocenters. The van der Waals surface area contributed by atoms with Crippen LogP contribution in [0.25, 0.3) is 0 Å². The molecule has 1 unspecified atom stereocenters. The van der Waals surface area contributed by atoms with E-state index in [-0.39, 0.29) is 12.0 Å². The molecule has 1 N–H and O–H groups in total. The van der Waals surface area contributed by atoms with Gasteiger partial charge in [-0.05, 0) is 30.7 Å². The van der Waals surface area contributed by atoms with E-state index in [4.69, 9.17) is 10.00 Å². The molecule has 3 saturated carbocycles. The van der Waals surface area contributed by atoms with E-state index in [9.17, 15) is 4.79 Å². The van der Waals surface area contributed by atoms with Gasteiger partial charge in [-0.3, -0.25) is 0 Å². The first-order valence-electron chi connectivity index (χ1n) is 6.59. The molecule has 4 nitrogen and oxygen atoms in total. The van der Waals surface area contributed by atoms with E-state index in [1.165, 1.54) is 0 Å². The second-order valence-electron chi connectivity index (χ2n) is 5.61. The standard InChI is InChI=1S/C15H16N2O2/c16-9-13(15-6-12(7-15)8-15)17-14(18)19-10-11-4-2-1-3-5-11/h1-5,12-13H,6-8,10H2,(H,17,18). The number of amides is 1. The van der Waals surface area contributed by atoms with E-state index in [0.29, 0.717) is 0 Å². The Morgan fingerprint density at radius 3 is 2.63 bits per heavy atom. The van der Waals surface area contributed by atoms with Crippen molar-refractivity contribution in [3.05, 3.63) is 35.9 Å². The molecule has 3 aliphatic carbocycles. The molecule has 2 bridgehead atoms. The molecule has 0 spiro atoms. The van der Waals surface area contributed by atoms with Crippen LogP contribution in [-0.4, -0.2) is 12.1 Å². The minimum atomic E-state index is -0.500. The normalized spacial score (nSPS) is 28.3. The van der Waals surface area contributed by atoms with Gasteiger partial charge in [-0.1, -0.05) is 30.3 Å². The van der Waals surface area contributed by atoms with Crippen molar-refractivity contribution in [3.63, 3.8) is 0 Å². The summed E-state index contributed by atoms with van der Waals surface area (Å²) in [5.74, 6) is 0.790. The molecule has 0 heterocycles. The maximum atomic E-state index is 11.7. The molecule has 0 aromatic heterocycles. The second-order valence-corrected chi connectivity index (χ2v) is 5.61. The Balaban J connectivity index is 1.49. The average molecular weight is 256 g/mol. The predicted molar refractivity (Wildman–Crippen MR) is 68.9 cm³/mol. The number of hydrogen-bond donors (Lipinski definition) is 1. The van der Waals surface area contributed by atoms with Gasteiger partial charge in [0, 0.05) is 5.41 Å². The summed E-state index contributed by atoms with van der Waals surface area (Å²) >= 11 is 0. The van der Waals surface area contributed by atoms with E-state index in [1.54, 1.807) is 0 Å². The van der Waals surface area contributed by atoms with Crippen LogP contribution in [0.4, 0.5) is 4.79 Å². The fourth-order valence-corrected chi connectivity index (χ4v) is 3.10. The van der Waals surface area contributed by atoms with E-state index in [0.717, 1.165) is 30.7 Å². The zero-order valence-corrected chi connectivity index (χ0v) is 10.6. The molecule has 1 amide bonds. The van der Waals surface area contributed by atoms with E-state index >= 15 is 0 Å². The molecule has 0 saturated heterocycles. The lowest BCUT2D eigenvalue weighted by Gasteiger charge is -2.63. The molecule has 1 aromatic carbocycles. The Morgan fingerprint density at radius 1 is 1.42 bits per heavy atom. The van der Waals surface area contributed by atoms with Crippen molar-refractivity contribution in [1.82, 2.24) is 5.32 Å². The summed E-state index contributed by atoms with van der Waals surface area (Å²) in [7, 11) is 0. The van der Waals surface area contributed by atoms with E-state index in [1.807, 2.05) is 30.3 Å². The van der Waals surface area contributed by atoms with Gasteiger partial charge < -0.3 is 10.1 Å². The third kappa shape index (κ3) is 2.17. The number of hydrogen-bond acceptors (Lipinski definition) is 3. The van der Waals surface area contributed by atoms with Gasteiger partial charge in [0.05, 0.1) is 6.07 Å². The Kier molecular flexibility index (Phi) is 2.90. The maximum Gasteiger partial charge on any atom is 0.408 e. The fraction of sp³-hybridized carbons (Fsp3) is 0.467. The van der Waals surface area contributed by atoms with Gasteiger partial charge >= 0.3 is 6.09 Å². The van der Waals surface area contributed by atoms with Crippen LogP contribution in [0.15, 0.2) is 30.3 Å². The summed E-state index contributed by atoms with van der Waals surface area (Å²) in [6.45, 7) is 0.237. The smallest absolute Gasteiger partial charge is 0.408 e. The Bertz CT molecular complexity index is 504. The summed E-state index contributed by atoms with van der Waals surface area (Å²) in [5.41, 5.74) is 0.988. The lowest BCUT2D eigenvalue weighted by molar-refractivity contribution is -0.119. The van der Waals surface area contributed by atoms with Crippen molar-refractivity contribution in [2.24, 2.45) is 11.3 Å². The van der Waals surface area contributed by atoms with Gasteiger partial charge in [-0.15, -0.1) is 0 Å². The molecule has 3 aliphatic rings. The minimum absolute atomic E-state index is 0.0468. The van der Waals surface area contributed by atoms with Crippen molar-refractivity contribution in [2.75, 3.05) is 0 Å². The fourth-order valence-electron chi connectivity index (χ4n) is 3.10. The van der Waals surface area contributed by atoms with Gasteiger partial charge in [0.15, 0.2) is 0 Å². The Morgan fingerprint density at radius 2 is 2.11 bits per heavy atom. The molecule has 1 aromatic rings. The lowest BCUT2D eigenvalue weighted by Crippen LogP contribution is -2.63. The first-order valence-corrected chi connectivity index (χ1v) is 6.59. The molecular weight excluding hydrogens is 240 g/mol. The van der Waals surface area contributed by atoms with Crippen LogP contribution in [-0.2, 0) is 11.3 Å². The van der Waals surface area contributed by atoms with Crippen LogP contribution < -0.4 is 5.32 Å². The Hall–Kier alpha value is -2.02. The van der Waals surface area contributed by atoms with Crippen molar-refractivity contribution in [3.8, 4) is 6.07 Å². The first kappa shape index (κ1) is 12.0. The number of ether oxygens (including phenoxy) is 1. The SMILES string of the molecule is N#CC(NC(=O)OCc1ccccc1)C12CC(C1)C2. The van der Waals surface area contributed by atoms with E-state index in [2.05, 4.69) is 11.4 Å². The molecule has 98 valence electrons. The molecule has 3 fully saturated rings. The number of nitrogens with zero attached hydrogens (tertiary/aromatic N) is 1. The number of rotatable bonds is 4.